The van der Waals surface area contributed by atoms with Crippen LogP contribution in [0.3, 0.4) is 0 Å². The summed E-state index contributed by atoms with van der Waals surface area (Å²) < 4.78 is 4.94. The van der Waals surface area contributed by atoms with Gasteiger partial charge in [0.2, 0.25) is 0 Å². The maximum absolute atomic E-state index is 11.8. The molecular weight excluding hydrogens is 262 g/mol. The van der Waals surface area contributed by atoms with Crippen molar-refractivity contribution in [1.82, 2.24) is 0 Å². The van der Waals surface area contributed by atoms with Crippen molar-refractivity contribution >= 4 is 17.4 Å². The summed E-state index contributed by atoms with van der Waals surface area (Å²) in [7, 11) is 0. The largest absolute Gasteiger partial charge is 0.466 e. The summed E-state index contributed by atoms with van der Waals surface area (Å²) in [5.41, 5.74) is 0.289. The topological polar surface area (TPSA) is 86.5 Å². The van der Waals surface area contributed by atoms with Gasteiger partial charge in [0.15, 0.2) is 5.78 Å². The molecule has 0 amide bonds. The molecule has 0 aliphatic rings. The Morgan fingerprint density at radius 3 is 2.40 bits per heavy atom. The van der Waals surface area contributed by atoms with Gasteiger partial charge in [-0.25, -0.2) is 0 Å². The van der Waals surface area contributed by atoms with Crippen molar-refractivity contribution in [2.75, 3.05) is 6.61 Å². The van der Waals surface area contributed by atoms with Gasteiger partial charge >= 0.3 is 5.97 Å². The van der Waals surface area contributed by atoms with E-state index < -0.39 is 10.9 Å². The Morgan fingerprint density at radius 2 is 1.85 bits per heavy atom. The first-order valence-electron chi connectivity index (χ1n) is 6.48. The molecule has 0 aromatic heterocycles. The number of hydrogen-bond acceptors (Lipinski definition) is 5. The van der Waals surface area contributed by atoms with Gasteiger partial charge in [0.1, 0.15) is 0 Å². The fraction of sp³-hybridized carbons (Fsp3) is 0.429. The van der Waals surface area contributed by atoms with Crippen LogP contribution in [0.15, 0.2) is 24.3 Å². The van der Waals surface area contributed by atoms with Crippen LogP contribution in [0.4, 0.5) is 5.69 Å². The van der Waals surface area contributed by atoms with Gasteiger partial charge in [-0.05, 0) is 18.6 Å². The van der Waals surface area contributed by atoms with Crippen molar-refractivity contribution in [3.05, 3.63) is 39.9 Å². The first-order chi connectivity index (χ1) is 9.54. The van der Waals surface area contributed by atoms with Gasteiger partial charge < -0.3 is 4.74 Å². The highest BCUT2D eigenvalue weighted by Crippen LogP contribution is 2.14. The van der Waals surface area contributed by atoms with Crippen LogP contribution in [0.5, 0.6) is 0 Å². The van der Waals surface area contributed by atoms with Gasteiger partial charge in [-0.3, -0.25) is 19.7 Å². The van der Waals surface area contributed by atoms with E-state index in [9.17, 15) is 19.7 Å². The van der Waals surface area contributed by atoms with Gasteiger partial charge in [-0.2, -0.15) is 0 Å². The average Bonchev–Trinajstić information content (AvgIpc) is 2.45. The molecule has 0 radical (unpaired) electrons. The zero-order valence-electron chi connectivity index (χ0n) is 11.3. The highest BCUT2D eigenvalue weighted by Gasteiger charge is 2.12. The van der Waals surface area contributed by atoms with Crippen molar-refractivity contribution < 1.29 is 19.2 Å². The van der Waals surface area contributed by atoms with Crippen LogP contribution in [0.1, 0.15) is 43.0 Å². The third-order valence-electron chi connectivity index (χ3n) is 2.72. The second-order valence-corrected chi connectivity index (χ2v) is 4.30. The normalized spacial score (nSPS) is 10.1. The number of carbonyl (C=O) groups is 2. The Bertz CT molecular complexity index is 481. The van der Waals surface area contributed by atoms with Gasteiger partial charge in [-0.1, -0.05) is 13.3 Å². The molecule has 108 valence electrons. The first-order valence-corrected chi connectivity index (χ1v) is 6.48. The minimum absolute atomic E-state index is 0.0273. The zero-order valence-corrected chi connectivity index (χ0v) is 11.3. The molecule has 0 aliphatic heterocycles. The minimum atomic E-state index is -0.528. The number of nitro benzene ring substituents is 1. The van der Waals surface area contributed by atoms with E-state index in [2.05, 4.69) is 0 Å². The molecule has 0 heterocycles. The molecule has 6 nitrogen and oxygen atoms in total. The van der Waals surface area contributed by atoms with Crippen molar-refractivity contribution in [1.29, 1.82) is 0 Å². The number of nitrogens with zero attached hydrogens (tertiary/aromatic N) is 1. The molecule has 0 N–H and O–H groups in total. The molecule has 0 saturated heterocycles. The number of non-ortho nitro benzene ring substituents is 1. The second-order valence-electron chi connectivity index (χ2n) is 4.30. The molecule has 0 fully saturated rings. The Morgan fingerprint density at radius 1 is 1.20 bits per heavy atom. The molecule has 0 aliphatic carbocycles. The summed E-state index contributed by atoms with van der Waals surface area (Å²) in [5, 5.41) is 10.5. The highest BCUT2D eigenvalue weighted by atomic mass is 16.6. The number of nitro groups is 1. The molecule has 6 heteroatoms. The Labute approximate surface area is 116 Å². The molecule has 0 bridgehead atoms. The number of Topliss-reactive ketones (excluding diaryl/α,β-unsaturated/α-hetero) is 1. The summed E-state index contributed by atoms with van der Waals surface area (Å²) in [6, 6.07) is 5.32. The predicted octanol–water partition coefficient (Wildman–Crippen LogP) is 2.90. The molecule has 1 aromatic carbocycles. The number of esters is 1. The van der Waals surface area contributed by atoms with Crippen LogP contribution >= 0.6 is 0 Å². The first kappa shape index (κ1) is 15.8. The van der Waals surface area contributed by atoms with E-state index in [0.717, 1.165) is 12.8 Å². The lowest BCUT2D eigenvalue weighted by Gasteiger charge is -2.03. The SMILES string of the molecule is CCCCOC(=O)CCC(=O)c1ccc([N+](=O)[O-])cc1. The molecule has 20 heavy (non-hydrogen) atoms. The Kier molecular flexibility index (Phi) is 6.36. The predicted molar refractivity (Wildman–Crippen MR) is 72.5 cm³/mol. The Balaban J connectivity index is 2.42. The lowest BCUT2D eigenvalue weighted by Crippen LogP contribution is -2.09. The van der Waals surface area contributed by atoms with E-state index >= 15 is 0 Å². The highest BCUT2D eigenvalue weighted by molar-refractivity contribution is 5.97. The molecular formula is C14H17NO5. The zero-order chi connectivity index (χ0) is 15.0. The van der Waals surface area contributed by atoms with E-state index in [1.165, 1.54) is 24.3 Å². The lowest BCUT2D eigenvalue weighted by atomic mass is 10.1. The van der Waals surface area contributed by atoms with Crippen LogP contribution in [0, 0.1) is 10.1 Å². The van der Waals surface area contributed by atoms with E-state index in [-0.39, 0.29) is 24.3 Å². The van der Waals surface area contributed by atoms with Gasteiger partial charge in [0.05, 0.1) is 18.0 Å². The smallest absolute Gasteiger partial charge is 0.306 e. The molecule has 0 saturated carbocycles. The van der Waals surface area contributed by atoms with Gasteiger partial charge in [0.25, 0.3) is 5.69 Å². The molecule has 0 atom stereocenters. The third-order valence-corrected chi connectivity index (χ3v) is 2.72. The molecule has 1 rings (SSSR count). The standard InChI is InChI=1S/C14H17NO5/c1-2-3-10-20-14(17)9-8-13(16)11-4-6-12(7-5-11)15(18)19/h4-7H,2-3,8-10H2,1H3. The monoisotopic (exact) mass is 279 g/mol. The summed E-state index contributed by atoms with van der Waals surface area (Å²) in [6.07, 6.45) is 1.82. The number of benzene rings is 1. The van der Waals surface area contributed by atoms with E-state index in [1.54, 1.807) is 0 Å². The number of ether oxygens (including phenoxy) is 1. The minimum Gasteiger partial charge on any atom is -0.466 e. The van der Waals surface area contributed by atoms with Gasteiger partial charge in [-0.15, -0.1) is 0 Å². The molecule has 0 unspecified atom stereocenters. The summed E-state index contributed by atoms with van der Waals surface area (Å²) >= 11 is 0. The van der Waals surface area contributed by atoms with Gasteiger partial charge in [0, 0.05) is 24.1 Å². The maximum atomic E-state index is 11.8. The third kappa shape index (κ3) is 5.17. The quantitative estimate of drug-likeness (QED) is 0.240. The van der Waals surface area contributed by atoms with Crippen molar-refractivity contribution in [2.24, 2.45) is 0 Å². The van der Waals surface area contributed by atoms with Crippen molar-refractivity contribution in [3.8, 4) is 0 Å². The van der Waals surface area contributed by atoms with Crippen molar-refractivity contribution in [2.45, 2.75) is 32.6 Å². The van der Waals surface area contributed by atoms with Crippen LogP contribution in [0.25, 0.3) is 0 Å². The Hall–Kier alpha value is -2.24. The number of unbranched alkanes of at least 4 members (excludes halogenated alkanes) is 1. The number of hydrogen-bond donors (Lipinski definition) is 0. The molecule has 1 aromatic rings. The average molecular weight is 279 g/mol. The number of rotatable bonds is 8. The van der Waals surface area contributed by atoms with E-state index in [1.807, 2.05) is 6.92 Å². The van der Waals surface area contributed by atoms with Crippen LogP contribution < -0.4 is 0 Å². The summed E-state index contributed by atoms with van der Waals surface area (Å²) in [4.78, 5) is 33.1. The number of ketones is 1. The fourth-order valence-corrected chi connectivity index (χ4v) is 1.53. The van der Waals surface area contributed by atoms with Crippen molar-refractivity contribution in [3.63, 3.8) is 0 Å². The summed E-state index contributed by atoms with van der Waals surface area (Å²) in [5.74, 6) is -0.624. The molecule has 0 spiro atoms. The van der Waals surface area contributed by atoms with Crippen LogP contribution in [-0.2, 0) is 9.53 Å². The second kappa shape index (κ2) is 8.04. The van der Waals surface area contributed by atoms with E-state index in [4.69, 9.17) is 4.74 Å². The number of carbonyl (C=O) groups excluding carboxylic acids is 2. The maximum Gasteiger partial charge on any atom is 0.306 e. The summed E-state index contributed by atoms with van der Waals surface area (Å²) in [6.45, 7) is 2.37. The fourth-order valence-electron chi connectivity index (χ4n) is 1.53. The van der Waals surface area contributed by atoms with Crippen LogP contribution in [-0.4, -0.2) is 23.3 Å². The van der Waals surface area contributed by atoms with E-state index in [0.29, 0.717) is 12.2 Å². The van der Waals surface area contributed by atoms with Crippen LogP contribution in [0.2, 0.25) is 0 Å². The lowest BCUT2D eigenvalue weighted by molar-refractivity contribution is -0.384.